The molecule has 0 atom stereocenters. The van der Waals surface area contributed by atoms with Crippen LogP contribution in [0.15, 0.2) is 48.5 Å². The van der Waals surface area contributed by atoms with Gasteiger partial charge in [0, 0.05) is 17.8 Å². The molecule has 0 aliphatic carbocycles. The largest absolute Gasteiger partial charge is 0.444 e. The van der Waals surface area contributed by atoms with Gasteiger partial charge in [0.1, 0.15) is 6.61 Å². The second-order valence-corrected chi connectivity index (χ2v) is 5.46. The Morgan fingerprint density at radius 2 is 1.96 bits per heavy atom. The van der Waals surface area contributed by atoms with Crippen LogP contribution < -0.4 is 10.6 Å². The van der Waals surface area contributed by atoms with E-state index in [9.17, 15) is 9.59 Å². The molecule has 5 heteroatoms. The summed E-state index contributed by atoms with van der Waals surface area (Å²) >= 11 is 0. The number of fused-ring (bicyclic) bond motifs is 1. The molecule has 0 unspecified atom stereocenters. The Balaban J connectivity index is 1.60. The Morgan fingerprint density at radius 3 is 2.78 bits per heavy atom. The summed E-state index contributed by atoms with van der Waals surface area (Å²) in [4.78, 5) is 23.4. The van der Waals surface area contributed by atoms with Crippen LogP contribution in [-0.4, -0.2) is 12.0 Å². The molecule has 0 aromatic heterocycles. The maximum atomic E-state index is 11.9. The Kier molecular flexibility index (Phi) is 4.57. The molecule has 2 amide bonds. The molecule has 118 valence electrons. The number of rotatable bonds is 3. The molecule has 23 heavy (non-hydrogen) atoms. The monoisotopic (exact) mass is 310 g/mol. The fourth-order valence-electron chi connectivity index (χ4n) is 2.53. The van der Waals surface area contributed by atoms with E-state index in [-0.39, 0.29) is 12.5 Å². The molecule has 1 aliphatic heterocycles. The molecule has 0 spiro atoms. The van der Waals surface area contributed by atoms with Crippen molar-refractivity contribution >= 4 is 23.4 Å². The van der Waals surface area contributed by atoms with Crippen molar-refractivity contribution in [2.75, 3.05) is 10.6 Å². The summed E-state index contributed by atoms with van der Waals surface area (Å²) in [5, 5.41) is 5.59. The molecule has 1 aliphatic rings. The van der Waals surface area contributed by atoms with Crippen LogP contribution in [0.3, 0.4) is 0 Å². The minimum Gasteiger partial charge on any atom is -0.444 e. The Hall–Kier alpha value is -2.82. The molecule has 0 bridgehead atoms. The minimum atomic E-state index is -0.494. The third kappa shape index (κ3) is 4.10. The number of hydrogen-bond acceptors (Lipinski definition) is 3. The maximum absolute atomic E-state index is 11.9. The number of nitrogens with one attached hydrogen (secondary N) is 2. The SMILES string of the molecule is O=C1CCCc2cc(NC(=O)OCc3ccccc3)ccc2N1. The fraction of sp³-hybridized carbons (Fsp3) is 0.222. The van der Waals surface area contributed by atoms with Crippen LogP contribution in [0.25, 0.3) is 0 Å². The van der Waals surface area contributed by atoms with E-state index < -0.39 is 6.09 Å². The molecule has 2 N–H and O–H groups in total. The summed E-state index contributed by atoms with van der Waals surface area (Å²) in [6.07, 6.45) is 1.64. The quantitative estimate of drug-likeness (QED) is 0.908. The first-order valence-electron chi connectivity index (χ1n) is 7.61. The lowest BCUT2D eigenvalue weighted by Gasteiger charge is -2.11. The maximum Gasteiger partial charge on any atom is 0.411 e. The van der Waals surface area contributed by atoms with E-state index in [1.165, 1.54) is 0 Å². The average Bonchev–Trinajstić information content (AvgIpc) is 2.74. The van der Waals surface area contributed by atoms with Crippen LogP contribution in [0.5, 0.6) is 0 Å². The van der Waals surface area contributed by atoms with E-state index in [1.807, 2.05) is 42.5 Å². The number of aryl methyl sites for hydroxylation is 1. The lowest BCUT2D eigenvalue weighted by molar-refractivity contribution is -0.116. The van der Waals surface area contributed by atoms with E-state index in [1.54, 1.807) is 6.07 Å². The van der Waals surface area contributed by atoms with Crippen molar-refractivity contribution in [1.29, 1.82) is 0 Å². The Labute approximate surface area is 134 Å². The first-order valence-corrected chi connectivity index (χ1v) is 7.61. The van der Waals surface area contributed by atoms with Crippen molar-refractivity contribution in [2.24, 2.45) is 0 Å². The fourth-order valence-corrected chi connectivity index (χ4v) is 2.53. The van der Waals surface area contributed by atoms with E-state index in [0.717, 1.165) is 29.7 Å². The molecule has 3 rings (SSSR count). The number of amides is 2. The van der Waals surface area contributed by atoms with Gasteiger partial charge < -0.3 is 10.1 Å². The summed E-state index contributed by atoms with van der Waals surface area (Å²) in [7, 11) is 0. The number of benzene rings is 2. The molecule has 2 aromatic carbocycles. The topological polar surface area (TPSA) is 67.4 Å². The van der Waals surface area contributed by atoms with Crippen LogP contribution in [0.4, 0.5) is 16.2 Å². The zero-order valence-corrected chi connectivity index (χ0v) is 12.7. The van der Waals surface area contributed by atoms with Crippen LogP contribution >= 0.6 is 0 Å². The number of carbonyl (C=O) groups is 2. The number of anilines is 2. The van der Waals surface area contributed by atoms with Crippen molar-refractivity contribution in [3.63, 3.8) is 0 Å². The molecule has 0 fully saturated rings. The zero-order valence-electron chi connectivity index (χ0n) is 12.7. The molecular formula is C18H18N2O3. The highest BCUT2D eigenvalue weighted by Gasteiger charge is 2.13. The van der Waals surface area contributed by atoms with Crippen molar-refractivity contribution in [3.05, 3.63) is 59.7 Å². The lowest BCUT2D eigenvalue weighted by Crippen LogP contribution is -2.14. The normalized spacial score (nSPS) is 13.5. The van der Waals surface area contributed by atoms with E-state index in [4.69, 9.17) is 4.74 Å². The number of hydrogen-bond donors (Lipinski definition) is 2. The van der Waals surface area contributed by atoms with Gasteiger partial charge in [0.05, 0.1) is 0 Å². The first kappa shape index (κ1) is 15.1. The smallest absolute Gasteiger partial charge is 0.411 e. The molecule has 1 heterocycles. The van der Waals surface area contributed by atoms with Crippen LogP contribution in [0.2, 0.25) is 0 Å². The Morgan fingerprint density at radius 1 is 1.13 bits per heavy atom. The van der Waals surface area contributed by atoms with Crippen molar-refractivity contribution in [2.45, 2.75) is 25.9 Å². The number of carbonyl (C=O) groups excluding carboxylic acids is 2. The van der Waals surface area contributed by atoms with E-state index >= 15 is 0 Å². The van der Waals surface area contributed by atoms with Crippen molar-refractivity contribution in [3.8, 4) is 0 Å². The Bertz CT molecular complexity index is 713. The third-order valence-corrected chi connectivity index (χ3v) is 3.69. The second kappa shape index (κ2) is 6.96. The van der Waals surface area contributed by atoms with E-state index in [0.29, 0.717) is 12.1 Å². The first-order chi connectivity index (χ1) is 11.2. The summed E-state index contributed by atoms with van der Waals surface area (Å²) in [5.74, 6) is 0.0340. The van der Waals surface area contributed by atoms with Gasteiger partial charge in [-0.25, -0.2) is 4.79 Å². The second-order valence-electron chi connectivity index (χ2n) is 5.46. The van der Waals surface area contributed by atoms with Gasteiger partial charge in [0.25, 0.3) is 0 Å². The van der Waals surface area contributed by atoms with Gasteiger partial charge >= 0.3 is 6.09 Å². The molecule has 0 saturated carbocycles. The molecule has 2 aromatic rings. The predicted octanol–water partition coefficient (Wildman–Crippen LogP) is 3.71. The standard InChI is InChI=1S/C18H18N2O3/c21-17-8-4-7-14-11-15(9-10-16(14)20-17)19-18(22)23-12-13-5-2-1-3-6-13/h1-3,5-6,9-11H,4,7-8,12H2,(H,19,22)(H,20,21). The van der Waals surface area contributed by atoms with E-state index in [2.05, 4.69) is 10.6 Å². The van der Waals surface area contributed by atoms with Crippen LogP contribution in [0, 0.1) is 0 Å². The van der Waals surface area contributed by atoms with Gasteiger partial charge in [0.2, 0.25) is 5.91 Å². The van der Waals surface area contributed by atoms with Crippen LogP contribution in [0.1, 0.15) is 24.0 Å². The molecule has 5 nitrogen and oxygen atoms in total. The van der Waals surface area contributed by atoms with Gasteiger partial charge in [-0.2, -0.15) is 0 Å². The molecule has 0 radical (unpaired) electrons. The van der Waals surface area contributed by atoms with Gasteiger partial charge in [-0.15, -0.1) is 0 Å². The highest BCUT2D eigenvalue weighted by atomic mass is 16.5. The average molecular weight is 310 g/mol. The molecule has 0 saturated heterocycles. The van der Waals surface area contributed by atoms with Gasteiger partial charge in [0.15, 0.2) is 0 Å². The van der Waals surface area contributed by atoms with Crippen molar-refractivity contribution < 1.29 is 14.3 Å². The predicted molar refractivity (Wildman–Crippen MR) is 88.3 cm³/mol. The lowest BCUT2D eigenvalue weighted by atomic mass is 10.1. The third-order valence-electron chi connectivity index (χ3n) is 3.69. The van der Waals surface area contributed by atoms with Gasteiger partial charge in [-0.3, -0.25) is 10.1 Å². The highest BCUT2D eigenvalue weighted by molar-refractivity contribution is 5.93. The zero-order chi connectivity index (χ0) is 16.1. The van der Waals surface area contributed by atoms with Gasteiger partial charge in [-0.05, 0) is 42.2 Å². The van der Waals surface area contributed by atoms with Crippen molar-refractivity contribution in [1.82, 2.24) is 0 Å². The minimum absolute atomic E-state index is 0.0340. The van der Waals surface area contributed by atoms with Gasteiger partial charge in [-0.1, -0.05) is 30.3 Å². The summed E-state index contributed by atoms with van der Waals surface area (Å²) in [5.41, 5.74) is 3.44. The summed E-state index contributed by atoms with van der Waals surface area (Å²) in [6.45, 7) is 0.230. The summed E-state index contributed by atoms with van der Waals surface area (Å²) in [6, 6.07) is 15.0. The van der Waals surface area contributed by atoms with Crippen LogP contribution in [-0.2, 0) is 22.6 Å². The highest BCUT2D eigenvalue weighted by Crippen LogP contribution is 2.25. The summed E-state index contributed by atoms with van der Waals surface area (Å²) < 4.78 is 5.20. The molecular weight excluding hydrogens is 292 g/mol. The number of ether oxygens (including phenoxy) is 1.